The first-order valence-electron chi connectivity index (χ1n) is 6.60. The summed E-state index contributed by atoms with van der Waals surface area (Å²) in [5, 5.41) is 6.23. The SMILES string of the molecule is Cc1ccsc1CN(C)C(=S)Nc1cccc(C)c1C. The summed E-state index contributed by atoms with van der Waals surface area (Å²) in [6.07, 6.45) is 0. The molecule has 0 unspecified atom stereocenters. The summed E-state index contributed by atoms with van der Waals surface area (Å²) in [6.45, 7) is 7.22. The monoisotopic (exact) mass is 304 g/mol. The molecule has 20 heavy (non-hydrogen) atoms. The summed E-state index contributed by atoms with van der Waals surface area (Å²) in [4.78, 5) is 3.44. The maximum Gasteiger partial charge on any atom is 0.173 e. The van der Waals surface area contributed by atoms with Crippen LogP contribution in [-0.4, -0.2) is 17.1 Å². The highest BCUT2D eigenvalue weighted by atomic mass is 32.1. The lowest BCUT2D eigenvalue weighted by Gasteiger charge is -2.22. The lowest BCUT2D eigenvalue weighted by Crippen LogP contribution is -2.30. The molecule has 2 rings (SSSR count). The van der Waals surface area contributed by atoms with Gasteiger partial charge in [-0.05, 0) is 67.2 Å². The summed E-state index contributed by atoms with van der Waals surface area (Å²) < 4.78 is 0. The minimum absolute atomic E-state index is 0.756. The van der Waals surface area contributed by atoms with Gasteiger partial charge >= 0.3 is 0 Å². The molecule has 0 atom stereocenters. The number of rotatable bonds is 3. The zero-order chi connectivity index (χ0) is 14.7. The maximum absolute atomic E-state index is 5.50. The van der Waals surface area contributed by atoms with Crippen molar-refractivity contribution in [1.82, 2.24) is 4.90 Å². The standard InChI is InChI=1S/C16H20N2S2/c1-11-6-5-7-14(13(11)3)17-16(19)18(4)10-15-12(2)8-9-20-15/h5-9H,10H2,1-4H3,(H,17,19). The van der Waals surface area contributed by atoms with Gasteiger partial charge in [0, 0.05) is 17.6 Å². The Hall–Kier alpha value is -1.39. The van der Waals surface area contributed by atoms with Crippen molar-refractivity contribution in [2.45, 2.75) is 27.3 Å². The van der Waals surface area contributed by atoms with E-state index in [2.05, 4.69) is 60.6 Å². The number of nitrogens with zero attached hydrogens (tertiary/aromatic N) is 1. The van der Waals surface area contributed by atoms with Crippen LogP contribution in [0.25, 0.3) is 0 Å². The Bertz CT molecular complexity index is 617. The van der Waals surface area contributed by atoms with E-state index in [4.69, 9.17) is 12.2 Å². The molecule has 0 aliphatic rings. The van der Waals surface area contributed by atoms with Crippen LogP contribution >= 0.6 is 23.6 Å². The Morgan fingerprint density at radius 1 is 1.20 bits per heavy atom. The molecule has 0 aliphatic heterocycles. The van der Waals surface area contributed by atoms with Crippen molar-refractivity contribution in [3.8, 4) is 0 Å². The van der Waals surface area contributed by atoms with Gasteiger partial charge in [0.05, 0.1) is 6.54 Å². The van der Waals surface area contributed by atoms with Crippen molar-refractivity contribution < 1.29 is 0 Å². The number of thiophene rings is 1. The molecule has 2 aromatic rings. The third kappa shape index (κ3) is 3.38. The molecule has 1 aromatic carbocycles. The minimum Gasteiger partial charge on any atom is -0.347 e. The number of benzene rings is 1. The molecule has 1 aromatic heterocycles. The van der Waals surface area contributed by atoms with Crippen molar-refractivity contribution in [1.29, 1.82) is 0 Å². The van der Waals surface area contributed by atoms with E-state index in [-0.39, 0.29) is 0 Å². The maximum atomic E-state index is 5.50. The molecule has 0 saturated heterocycles. The van der Waals surface area contributed by atoms with Gasteiger partial charge in [-0.15, -0.1) is 11.3 Å². The second-order valence-electron chi connectivity index (χ2n) is 5.06. The summed E-state index contributed by atoms with van der Waals surface area (Å²) >= 11 is 7.28. The van der Waals surface area contributed by atoms with Gasteiger partial charge in [-0.1, -0.05) is 12.1 Å². The van der Waals surface area contributed by atoms with Crippen molar-refractivity contribution in [3.63, 3.8) is 0 Å². The average Bonchev–Trinajstić information content (AvgIpc) is 2.80. The third-order valence-electron chi connectivity index (χ3n) is 3.54. The van der Waals surface area contributed by atoms with E-state index in [1.165, 1.54) is 21.6 Å². The Kier molecular flexibility index (Phi) is 4.78. The van der Waals surface area contributed by atoms with E-state index < -0.39 is 0 Å². The van der Waals surface area contributed by atoms with Crippen LogP contribution in [0.2, 0.25) is 0 Å². The van der Waals surface area contributed by atoms with Gasteiger partial charge in [0.25, 0.3) is 0 Å². The van der Waals surface area contributed by atoms with Gasteiger partial charge in [-0.3, -0.25) is 0 Å². The highest BCUT2D eigenvalue weighted by molar-refractivity contribution is 7.80. The van der Waals surface area contributed by atoms with E-state index in [1.54, 1.807) is 11.3 Å². The number of anilines is 1. The van der Waals surface area contributed by atoms with Crippen molar-refractivity contribution in [3.05, 3.63) is 51.2 Å². The topological polar surface area (TPSA) is 15.3 Å². The fourth-order valence-electron chi connectivity index (χ4n) is 1.95. The molecular weight excluding hydrogens is 284 g/mol. The second kappa shape index (κ2) is 6.37. The van der Waals surface area contributed by atoms with Gasteiger partial charge in [0.1, 0.15) is 0 Å². The van der Waals surface area contributed by atoms with Crippen LogP contribution < -0.4 is 5.32 Å². The number of aryl methyl sites for hydroxylation is 2. The van der Waals surface area contributed by atoms with E-state index in [0.29, 0.717) is 0 Å². The van der Waals surface area contributed by atoms with E-state index in [1.807, 2.05) is 7.05 Å². The lowest BCUT2D eigenvalue weighted by atomic mass is 10.1. The molecule has 0 fully saturated rings. The second-order valence-corrected chi connectivity index (χ2v) is 6.45. The molecule has 1 heterocycles. The van der Waals surface area contributed by atoms with Gasteiger partial charge in [0.2, 0.25) is 0 Å². The fourth-order valence-corrected chi connectivity index (χ4v) is 3.08. The number of hydrogen-bond donors (Lipinski definition) is 1. The van der Waals surface area contributed by atoms with Crippen molar-refractivity contribution in [2.75, 3.05) is 12.4 Å². The molecule has 4 heteroatoms. The van der Waals surface area contributed by atoms with Crippen LogP contribution in [0.15, 0.2) is 29.6 Å². The largest absolute Gasteiger partial charge is 0.347 e. The average molecular weight is 304 g/mol. The highest BCUT2D eigenvalue weighted by Gasteiger charge is 2.09. The minimum atomic E-state index is 0.756. The Morgan fingerprint density at radius 2 is 1.95 bits per heavy atom. The first-order chi connectivity index (χ1) is 9.49. The lowest BCUT2D eigenvalue weighted by molar-refractivity contribution is 0.512. The number of thiocarbonyl (C=S) groups is 1. The molecule has 1 N–H and O–H groups in total. The number of hydrogen-bond acceptors (Lipinski definition) is 2. The van der Waals surface area contributed by atoms with Crippen LogP contribution in [0.1, 0.15) is 21.6 Å². The van der Waals surface area contributed by atoms with Crippen LogP contribution in [0.4, 0.5) is 5.69 Å². The third-order valence-corrected chi connectivity index (χ3v) is 4.96. The van der Waals surface area contributed by atoms with Gasteiger partial charge in [0.15, 0.2) is 5.11 Å². The summed E-state index contributed by atoms with van der Waals surface area (Å²) in [6, 6.07) is 8.38. The molecule has 0 radical (unpaired) electrons. The van der Waals surface area contributed by atoms with Gasteiger partial charge in [-0.2, -0.15) is 0 Å². The van der Waals surface area contributed by atoms with Crippen LogP contribution in [0.5, 0.6) is 0 Å². The smallest absolute Gasteiger partial charge is 0.173 e. The first kappa shape index (κ1) is 15.0. The Labute approximate surface area is 130 Å². The molecule has 0 aliphatic carbocycles. The normalized spacial score (nSPS) is 10.4. The Balaban J connectivity index is 2.04. The van der Waals surface area contributed by atoms with Crippen LogP contribution in [0.3, 0.4) is 0 Å². The van der Waals surface area contributed by atoms with Crippen LogP contribution in [0, 0.1) is 20.8 Å². The molecule has 2 nitrogen and oxygen atoms in total. The zero-order valence-corrected chi connectivity index (χ0v) is 14.0. The molecule has 106 valence electrons. The predicted octanol–water partition coefficient (Wildman–Crippen LogP) is 4.50. The zero-order valence-electron chi connectivity index (χ0n) is 12.4. The van der Waals surface area contributed by atoms with E-state index >= 15 is 0 Å². The highest BCUT2D eigenvalue weighted by Crippen LogP contribution is 2.20. The summed E-state index contributed by atoms with van der Waals surface area (Å²) in [5.41, 5.74) is 4.94. The van der Waals surface area contributed by atoms with Gasteiger partial charge in [-0.25, -0.2) is 0 Å². The first-order valence-corrected chi connectivity index (χ1v) is 7.89. The van der Waals surface area contributed by atoms with Crippen molar-refractivity contribution in [2.24, 2.45) is 0 Å². The molecular formula is C16H20N2S2. The number of nitrogens with one attached hydrogen (secondary N) is 1. The predicted molar refractivity (Wildman–Crippen MR) is 92.7 cm³/mol. The fraction of sp³-hybridized carbons (Fsp3) is 0.312. The molecule has 0 amide bonds. The molecule has 0 bridgehead atoms. The summed E-state index contributed by atoms with van der Waals surface area (Å²) in [5.74, 6) is 0. The Morgan fingerprint density at radius 3 is 2.60 bits per heavy atom. The van der Waals surface area contributed by atoms with Crippen LogP contribution in [-0.2, 0) is 6.54 Å². The quantitative estimate of drug-likeness (QED) is 0.840. The van der Waals surface area contributed by atoms with Crippen molar-refractivity contribution >= 4 is 34.4 Å². The molecule has 0 saturated carbocycles. The van der Waals surface area contributed by atoms with E-state index in [0.717, 1.165) is 17.3 Å². The molecule has 0 spiro atoms. The van der Waals surface area contributed by atoms with E-state index in [9.17, 15) is 0 Å². The summed E-state index contributed by atoms with van der Waals surface area (Å²) in [7, 11) is 2.03. The van der Waals surface area contributed by atoms with Gasteiger partial charge < -0.3 is 10.2 Å².